The molecule has 5 atom stereocenters. The first-order valence-electron chi connectivity index (χ1n) is 10.6. The summed E-state index contributed by atoms with van der Waals surface area (Å²) in [6.07, 6.45) is 2.85. The highest BCUT2D eigenvalue weighted by atomic mass is 16.5. The van der Waals surface area contributed by atoms with Crippen molar-refractivity contribution in [3.05, 3.63) is 71.8 Å². The summed E-state index contributed by atoms with van der Waals surface area (Å²) in [5, 5.41) is 14.3. The first kappa shape index (κ1) is 20.1. The fourth-order valence-corrected chi connectivity index (χ4v) is 5.30. The number of fused-ring (bicyclic) bond motifs is 2. The minimum Gasteiger partial charge on any atom is -0.390 e. The van der Waals surface area contributed by atoms with Crippen LogP contribution in [0.1, 0.15) is 61.4 Å². The molecule has 0 aromatic heterocycles. The number of amides is 1. The lowest BCUT2D eigenvalue weighted by atomic mass is 9.74. The van der Waals surface area contributed by atoms with Gasteiger partial charge in [-0.05, 0) is 63.1 Å². The molecule has 2 aromatic rings. The molecular formula is C25H31NO3. The molecule has 29 heavy (non-hydrogen) atoms. The van der Waals surface area contributed by atoms with Crippen molar-refractivity contribution >= 4 is 5.91 Å². The van der Waals surface area contributed by atoms with E-state index in [2.05, 4.69) is 36.5 Å². The average Bonchev–Trinajstić information content (AvgIpc) is 2.79. The maximum absolute atomic E-state index is 12.5. The second kappa shape index (κ2) is 7.92. The van der Waals surface area contributed by atoms with E-state index in [0.717, 1.165) is 25.7 Å². The van der Waals surface area contributed by atoms with Gasteiger partial charge in [-0.1, -0.05) is 48.5 Å². The molecule has 0 spiro atoms. The van der Waals surface area contributed by atoms with Crippen LogP contribution in [-0.2, 0) is 4.74 Å². The summed E-state index contributed by atoms with van der Waals surface area (Å²) < 4.78 is 6.55. The second-order valence-corrected chi connectivity index (χ2v) is 9.20. The van der Waals surface area contributed by atoms with Crippen molar-refractivity contribution in [1.82, 2.24) is 5.32 Å². The van der Waals surface area contributed by atoms with E-state index in [-0.39, 0.29) is 17.4 Å². The van der Waals surface area contributed by atoms with E-state index in [0.29, 0.717) is 18.0 Å². The molecule has 2 bridgehead atoms. The van der Waals surface area contributed by atoms with E-state index in [1.165, 1.54) is 5.56 Å². The molecule has 0 radical (unpaired) electrons. The molecule has 2 heterocycles. The molecule has 2 N–H and O–H groups in total. The molecule has 1 amide bonds. The van der Waals surface area contributed by atoms with Crippen molar-refractivity contribution in [2.75, 3.05) is 6.54 Å². The van der Waals surface area contributed by atoms with Crippen LogP contribution in [0.25, 0.3) is 0 Å². The fraction of sp³-hybridized carbons (Fsp3) is 0.480. The van der Waals surface area contributed by atoms with E-state index in [4.69, 9.17) is 4.74 Å². The summed E-state index contributed by atoms with van der Waals surface area (Å²) in [7, 11) is 0. The smallest absolute Gasteiger partial charge is 0.251 e. The van der Waals surface area contributed by atoms with Crippen LogP contribution in [0.3, 0.4) is 0 Å². The molecule has 2 saturated heterocycles. The van der Waals surface area contributed by atoms with Crippen LogP contribution >= 0.6 is 0 Å². The molecular weight excluding hydrogens is 362 g/mol. The largest absolute Gasteiger partial charge is 0.390 e. The van der Waals surface area contributed by atoms with Crippen LogP contribution < -0.4 is 5.32 Å². The van der Waals surface area contributed by atoms with E-state index in [9.17, 15) is 9.90 Å². The van der Waals surface area contributed by atoms with Crippen molar-refractivity contribution in [2.24, 2.45) is 5.92 Å². The monoisotopic (exact) mass is 393 g/mol. The minimum atomic E-state index is -0.619. The highest BCUT2D eigenvalue weighted by molar-refractivity contribution is 5.94. The average molecular weight is 394 g/mol. The number of benzene rings is 2. The summed E-state index contributed by atoms with van der Waals surface area (Å²) in [5.74, 6) is 0.251. The Kier molecular flexibility index (Phi) is 5.50. The molecule has 2 aliphatic rings. The summed E-state index contributed by atoms with van der Waals surface area (Å²) >= 11 is 0. The molecule has 2 fully saturated rings. The van der Waals surface area contributed by atoms with Crippen LogP contribution in [0.2, 0.25) is 0 Å². The molecule has 4 nitrogen and oxygen atoms in total. The normalized spacial score (nSPS) is 34.2. The Morgan fingerprint density at radius 2 is 1.72 bits per heavy atom. The third-order valence-electron chi connectivity index (χ3n) is 6.76. The second-order valence-electron chi connectivity index (χ2n) is 9.20. The van der Waals surface area contributed by atoms with Crippen molar-refractivity contribution in [3.63, 3.8) is 0 Å². The Morgan fingerprint density at radius 3 is 2.41 bits per heavy atom. The molecule has 4 rings (SSSR count). The number of hydrogen-bond donors (Lipinski definition) is 2. The van der Waals surface area contributed by atoms with Gasteiger partial charge in [0.15, 0.2) is 0 Å². The van der Waals surface area contributed by atoms with E-state index in [1.807, 2.05) is 43.3 Å². The maximum atomic E-state index is 12.5. The van der Waals surface area contributed by atoms with Crippen molar-refractivity contribution in [1.29, 1.82) is 0 Å². The zero-order chi connectivity index (χ0) is 20.5. The topological polar surface area (TPSA) is 58.6 Å². The predicted molar refractivity (Wildman–Crippen MR) is 114 cm³/mol. The van der Waals surface area contributed by atoms with E-state index >= 15 is 0 Å². The van der Waals surface area contributed by atoms with Gasteiger partial charge in [0, 0.05) is 18.0 Å². The van der Waals surface area contributed by atoms with Crippen LogP contribution in [0, 0.1) is 5.92 Å². The van der Waals surface area contributed by atoms with Gasteiger partial charge >= 0.3 is 0 Å². The van der Waals surface area contributed by atoms with E-state index in [1.54, 1.807) is 0 Å². The number of carbonyl (C=O) groups is 1. The third-order valence-corrected chi connectivity index (χ3v) is 6.76. The first-order chi connectivity index (χ1) is 13.9. The van der Waals surface area contributed by atoms with Gasteiger partial charge in [-0.25, -0.2) is 0 Å². The highest BCUT2D eigenvalue weighted by Gasteiger charge is 2.52. The summed E-state index contributed by atoms with van der Waals surface area (Å²) in [4.78, 5) is 12.5. The van der Waals surface area contributed by atoms with Gasteiger partial charge in [0.25, 0.3) is 5.91 Å². The Balaban J connectivity index is 1.50. The van der Waals surface area contributed by atoms with Crippen molar-refractivity contribution < 1.29 is 14.6 Å². The van der Waals surface area contributed by atoms with Crippen LogP contribution in [0.15, 0.2) is 60.7 Å². The predicted octanol–water partition coefficient (Wildman–Crippen LogP) is 4.30. The summed E-state index contributed by atoms with van der Waals surface area (Å²) in [6.45, 7) is 4.68. The van der Waals surface area contributed by atoms with Gasteiger partial charge in [0.1, 0.15) is 0 Å². The number of ether oxygens (including phenoxy) is 1. The Morgan fingerprint density at radius 1 is 1.07 bits per heavy atom. The van der Waals surface area contributed by atoms with Crippen LogP contribution in [0.4, 0.5) is 0 Å². The summed E-state index contributed by atoms with van der Waals surface area (Å²) in [5.41, 5.74) is 1.09. The third kappa shape index (κ3) is 4.24. The molecule has 0 saturated carbocycles. The van der Waals surface area contributed by atoms with Crippen LogP contribution in [-0.4, -0.2) is 34.9 Å². The molecule has 2 aliphatic heterocycles. The maximum Gasteiger partial charge on any atom is 0.251 e. The number of nitrogens with one attached hydrogen (secondary N) is 1. The molecule has 2 aromatic carbocycles. The van der Waals surface area contributed by atoms with Crippen molar-refractivity contribution in [2.45, 2.75) is 62.8 Å². The Labute approximate surface area is 173 Å². The van der Waals surface area contributed by atoms with Gasteiger partial charge in [-0.3, -0.25) is 4.79 Å². The van der Waals surface area contributed by atoms with Gasteiger partial charge in [-0.15, -0.1) is 0 Å². The lowest BCUT2D eigenvalue weighted by Gasteiger charge is -2.49. The Hall–Kier alpha value is -2.17. The number of rotatable bonds is 4. The Bertz CT molecular complexity index is 840. The molecule has 154 valence electrons. The van der Waals surface area contributed by atoms with Gasteiger partial charge in [0.05, 0.1) is 17.3 Å². The zero-order valence-electron chi connectivity index (χ0n) is 17.3. The number of carbonyl (C=O) groups excluding carboxylic acids is 1. The lowest BCUT2D eigenvalue weighted by molar-refractivity contribution is -0.215. The number of aliphatic hydroxyl groups excluding tert-OH is 1. The quantitative estimate of drug-likeness (QED) is 0.814. The van der Waals surface area contributed by atoms with Gasteiger partial charge in [-0.2, -0.15) is 0 Å². The first-order valence-corrected chi connectivity index (χ1v) is 10.6. The van der Waals surface area contributed by atoms with Crippen molar-refractivity contribution in [3.8, 4) is 0 Å². The summed E-state index contributed by atoms with van der Waals surface area (Å²) in [6, 6.07) is 19.8. The SMILES string of the molecule is C[C@]12CC[C@@H](CNC(=O)c3ccccc3)[C@H](O)[C@](C)(C[C@@H](c3ccccc3)C1)O2. The van der Waals surface area contributed by atoms with Crippen LogP contribution in [0.5, 0.6) is 0 Å². The lowest BCUT2D eigenvalue weighted by Crippen LogP contribution is -2.54. The molecule has 0 aliphatic carbocycles. The zero-order valence-corrected chi connectivity index (χ0v) is 17.3. The molecule has 4 heteroatoms. The number of hydrogen-bond acceptors (Lipinski definition) is 3. The standard InChI is InChI=1S/C25H31NO3/c1-24-14-13-20(17-26-23(28)19-11-7-4-8-12-19)22(27)25(2,29-24)16-21(15-24)18-9-5-3-6-10-18/h3-12,20-22,27H,13-17H2,1-2H3,(H,26,28)/t20-,21-,22-,24-,25-/m0/s1. The van der Waals surface area contributed by atoms with Gasteiger partial charge in [0.2, 0.25) is 0 Å². The van der Waals surface area contributed by atoms with Gasteiger partial charge < -0.3 is 15.2 Å². The molecule has 0 unspecified atom stereocenters. The fourth-order valence-electron chi connectivity index (χ4n) is 5.30. The highest BCUT2D eigenvalue weighted by Crippen LogP contribution is 2.50. The van der Waals surface area contributed by atoms with E-state index < -0.39 is 11.7 Å². The number of aliphatic hydroxyl groups is 1. The minimum absolute atomic E-state index is 0.0241.